The van der Waals surface area contributed by atoms with Gasteiger partial charge in [0.15, 0.2) is 5.96 Å². The highest BCUT2D eigenvalue weighted by molar-refractivity contribution is 14.0. The van der Waals surface area contributed by atoms with Crippen molar-refractivity contribution >= 4 is 35.6 Å². The smallest absolute Gasteiger partial charge is 0.191 e. The molecular weight excluding hydrogens is 477 g/mol. The molecule has 0 aliphatic carbocycles. The summed E-state index contributed by atoms with van der Waals surface area (Å²) in [7, 11) is 1.66. The van der Waals surface area contributed by atoms with Crippen molar-refractivity contribution in [2.24, 2.45) is 4.99 Å². The van der Waals surface area contributed by atoms with Crippen LogP contribution in [0.2, 0.25) is 0 Å². The van der Waals surface area contributed by atoms with Gasteiger partial charge in [-0.2, -0.15) is 0 Å². The summed E-state index contributed by atoms with van der Waals surface area (Å²) in [6.45, 7) is 3.52. The van der Waals surface area contributed by atoms with Crippen molar-refractivity contribution in [2.45, 2.75) is 13.1 Å². The molecule has 1 saturated heterocycles. The van der Waals surface area contributed by atoms with Gasteiger partial charge in [-0.25, -0.2) is 8.78 Å². The Labute approximate surface area is 181 Å². The van der Waals surface area contributed by atoms with Crippen LogP contribution in [0, 0.1) is 11.6 Å². The second kappa shape index (κ2) is 11.2. The highest BCUT2D eigenvalue weighted by Gasteiger charge is 2.15. The Morgan fingerprint density at radius 2 is 1.71 bits per heavy atom. The zero-order valence-corrected chi connectivity index (χ0v) is 18.1. The summed E-state index contributed by atoms with van der Waals surface area (Å²) in [5.41, 5.74) is 2.24. The molecular formula is C20H25F2IN4O. The molecule has 0 unspecified atom stereocenters. The third-order valence-corrected chi connectivity index (χ3v) is 4.40. The maximum absolute atomic E-state index is 14.5. The molecule has 5 nitrogen and oxygen atoms in total. The standard InChI is InChI=1S/C20H24F2N4O.HI/c1-23-20(24-13-15-3-2-4-17(21)11-15)25-14-16-5-6-19(18(22)12-16)26-7-9-27-10-8-26;/h2-6,11-12H,7-10,13-14H2,1H3,(H2,23,24,25);1H. The summed E-state index contributed by atoms with van der Waals surface area (Å²) in [5, 5.41) is 6.26. The zero-order valence-electron chi connectivity index (χ0n) is 15.8. The Morgan fingerprint density at radius 1 is 1.04 bits per heavy atom. The van der Waals surface area contributed by atoms with E-state index in [4.69, 9.17) is 4.74 Å². The first-order valence-corrected chi connectivity index (χ1v) is 8.96. The number of nitrogens with zero attached hydrogens (tertiary/aromatic N) is 2. The second-order valence-electron chi connectivity index (χ2n) is 6.29. The van der Waals surface area contributed by atoms with E-state index in [9.17, 15) is 8.78 Å². The Balaban J connectivity index is 0.00000280. The van der Waals surface area contributed by atoms with Crippen LogP contribution in [0.1, 0.15) is 11.1 Å². The first kappa shape index (κ1) is 22.4. The summed E-state index contributed by atoms with van der Waals surface area (Å²) in [6.07, 6.45) is 0. The average Bonchev–Trinajstić information content (AvgIpc) is 2.69. The number of benzene rings is 2. The second-order valence-corrected chi connectivity index (χ2v) is 6.29. The quantitative estimate of drug-likeness (QED) is 0.375. The van der Waals surface area contributed by atoms with Crippen molar-refractivity contribution in [2.75, 3.05) is 38.3 Å². The van der Waals surface area contributed by atoms with Crippen LogP contribution in [0.15, 0.2) is 47.5 Å². The lowest BCUT2D eigenvalue weighted by Gasteiger charge is -2.29. The van der Waals surface area contributed by atoms with Gasteiger partial charge >= 0.3 is 0 Å². The lowest BCUT2D eigenvalue weighted by Crippen LogP contribution is -2.37. The van der Waals surface area contributed by atoms with Crippen LogP contribution in [0.5, 0.6) is 0 Å². The van der Waals surface area contributed by atoms with Gasteiger partial charge in [0.05, 0.1) is 18.9 Å². The van der Waals surface area contributed by atoms with Crippen molar-refractivity contribution in [3.05, 3.63) is 65.2 Å². The number of rotatable bonds is 5. The Morgan fingerprint density at radius 3 is 2.32 bits per heavy atom. The van der Waals surface area contributed by atoms with Gasteiger partial charge in [-0.15, -0.1) is 24.0 Å². The monoisotopic (exact) mass is 502 g/mol. The van der Waals surface area contributed by atoms with Gasteiger partial charge in [0, 0.05) is 33.2 Å². The van der Waals surface area contributed by atoms with Gasteiger partial charge in [-0.05, 0) is 35.4 Å². The number of aliphatic imine (C=N–C) groups is 1. The van der Waals surface area contributed by atoms with E-state index >= 15 is 0 Å². The van der Waals surface area contributed by atoms with Gasteiger partial charge in [-0.1, -0.05) is 18.2 Å². The molecule has 1 fully saturated rings. The minimum Gasteiger partial charge on any atom is -0.378 e. The predicted octanol–water partition coefficient (Wildman–Crippen LogP) is 3.28. The molecule has 152 valence electrons. The van der Waals surface area contributed by atoms with Crippen LogP contribution >= 0.6 is 24.0 Å². The molecule has 1 aliphatic heterocycles. The van der Waals surface area contributed by atoms with E-state index in [1.165, 1.54) is 18.2 Å². The number of hydrogen-bond donors (Lipinski definition) is 2. The number of nitrogens with one attached hydrogen (secondary N) is 2. The predicted molar refractivity (Wildman–Crippen MR) is 118 cm³/mol. The Kier molecular flexibility index (Phi) is 8.91. The number of ether oxygens (including phenoxy) is 1. The molecule has 8 heteroatoms. The van der Waals surface area contributed by atoms with E-state index in [0.29, 0.717) is 51.0 Å². The average molecular weight is 502 g/mol. The van der Waals surface area contributed by atoms with Crippen LogP contribution < -0.4 is 15.5 Å². The van der Waals surface area contributed by atoms with E-state index in [0.717, 1.165) is 11.1 Å². The van der Waals surface area contributed by atoms with Gasteiger partial charge in [0.1, 0.15) is 11.6 Å². The molecule has 0 saturated carbocycles. The summed E-state index contributed by atoms with van der Waals surface area (Å²) >= 11 is 0. The number of morpholine rings is 1. The molecule has 0 bridgehead atoms. The summed E-state index contributed by atoms with van der Waals surface area (Å²) in [6, 6.07) is 11.6. The molecule has 2 aromatic rings. The third-order valence-electron chi connectivity index (χ3n) is 4.40. The van der Waals surface area contributed by atoms with Crippen LogP contribution in [0.4, 0.5) is 14.5 Å². The van der Waals surface area contributed by atoms with Crippen molar-refractivity contribution in [1.82, 2.24) is 10.6 Å². The minimum absolute atomic E-state index is 0. The topological polar surface area (TPSA) is 48.9 Å². The van der Waals surface area contributed by atoms with Crippen molar-refractivity contribution < 1.29 is 13.5 Å². The number of halogens is 3. The molecule has 0 radical (unpaired) electrons. The van der Waals surface area contributed by atoms with Crippen LogP contribution in [-0.2, 0) is 17.8 Å². The number of guanidine groups is 1. The fourth-order valence-electron chi connectivity index (χ4n) is 2.96. The first-order valence-electron chi connectivity index (χ1n) is 8.96. The van der Waals surface area contributed by atoms with E-state index in [2.05, 4.69) is 15.6 Å². The maximum atomic E-state index is 14.5. The van der Waals surface area contributed by atoms with Gasteiger partial charge in [-0.3, -0.25) is 4.99 Å². The van der Waals surface area contributed by atoms with E-state index < -0.39 is 0 Å². The lowest BCUT2D eigenvalue weighted by atomic mass is 10.1. The van der Waals surface area contributed by atoms with Crippen molar-refractivity contribution in [3.8, 4) is 0 Å². The molecule has 0 amide bonds. The maximum Gasteiger partial charge on any atom is 0.191 e. The van der Waals surface area contributed by atoms with Crippen LogP contribution in [-0.4, -0.2) is 39.3 Å². The van der Waals surface area contributed by atoms with Crippen LogP contribution in [0.25, 0.3) is 0 Å². The van der Waals surface area contributed by atoms with Gasteiger partial charge < -0.3 is 20.3 Å². The molecule has 3 rings (SSSR count). The largest absolute Gasteiger partial charge is 0.378 e. The molecule has 2 N–H and O–H groups in total. The molecule has 1 aliphatic rings. The van der Waals surface area contributed by atoms with Gasteiger partial charge in [0.25, 0.3) is 0 Å². The van der Waals surface area contributed by atoms with Crippen molar-refractivity contribution in [3.63, 3.8) is 0 Å². The normalized spacial score (nSPS) is 14.4. The van der Waals surface area contributed by atoms with Gasteiger partial charge in [0.2, 0.25) is 0 Å². The number of hydrogen-bond acceptors (Lipinski definition) is 3. The summed E-state index contributed by atoms with van der Waals surface area (Å²) < 4.78 is 33.0. The fourth-order valence-corrected chi connectivity index (χ4v) is 2.96. The van der Waals surface area contributed by atoms with E-state index in [1.54, 1.807) is 19.2 Å². The fraction of sp³-hybridized carbons (Fsp3) is 0.350. The highest BCUT2D eigenvalue weighted by atomic mass is 127. The first-order chi connectivity index (χ1) is 13.2. The highest BCUT2D eigenvalue weighted by Crippen LogP contribution is 2.21. The minimum atomic E-state index is -0.270. The van der Waals surface area contributed by atoms with E-state index in [-0.39, 0.29) is 35.6 Å². The molecule has 2 aromatic carbocycles. The Hall–Kier alpha value is -1.94. The number of anilines is 1. The SMILES string of the molecule is CN=C(NCc1cccc(F)c1)NCc1ccc(N2CCOCC2)c(F)c1.I. The summed E-state index contributed by atoms with van der Waals surface area (Å²) in [5.74, 6) is 0.0592. The lowest BCUT2D eigenvalue weighted by molar-refractivity contribution is 0.122. The molecule has 1 heterocycles. The van der Waals surface area contributed by atoms with E-state index in [1.807, 2.05) is 17.0 Å². The van der Waals surface area contributed by atoms with Crippen LogP contribution in [0.3, 0.4) is 0 Å². The molecule has 0 atom stereocenters. The third kappa shape index (κ3) is 6.30. The summed E-state index contributed by atoms with van der Waals surface area (Å²) in [4.78, 5) is 6.13. The zero-order chi connectivity index (χ0) is 19.1. The van der Waals surface area contributed by atoms with Crippen molar-refractivity contribution in [1.29, 1.82) is 0 Å². The molecule has 0 aromatic heterocycles. The molecule has 0 spiro atoms. The molecule has 28 heavy (non-hydrogen) atoms. The Bertz CT molecular complexity index is 798.